The van der Waals surface area contributed by atoms with Gasteiger partial charge in [0, 0.05) is 12.0 Å². The molecule has 0 radical (unpaired) electrons. The lowest BCUT2D eigenvalue weighted by Crippen LogP contribution is -2.16. The van der Waals surface area contributed by atoms with Crippen LogP contribution in [-0.2, 0) is 11.3 Å². The Morgan fingerprint density at radius 3 is 2.59 bits per heavy atom. The lowest BCUT2D eigenvalue weighted by molar-refractivity contribution is 0.0953. The third-order valence-electron chi connectivity index (χ3n) is 5.37. The maximum absolute atomic E-state index is 5.94. The molecule has 6 nitrogen and oxygen atoms in total. The summed E-state index contributed by atoms with van der Waals surface area (Å²) in [4.78, 5) is 11.9. The zero-order valence-corrected chi connectivity index (χ0v) is 19.5. The lowest BCUT2D eigenvalue weighted by atomic mass is 10.2. The fraction of sp³-hybridized carbons (Fsp3) is 0.217. The Bertz CT molecular complexity index is 1340. The highest BCUT2D eigenvalue weighted by Gasteiger charge is 2.23. The van der Waals surface area contributed by atoms with Gasteiger partial charge in [-0.15, -0.1) is 32.9 Å². The number of hydrogen-bond donors (Lipinski definition) is 0. The third-order valence-corrected chi connectivity index (χ3v) is 8.09. The van der Waals surface area contributed by atoms with E-state index in [-0.39, 0.29) is 6.10 Å². The molecule has 0 N–H and O–H groups in total. The van der Waals surface area contributed by atoms with E-state index in [9.17, 15) is 0 Å². The van der Waals surface area contributed by atoms with Crippen LogP contribution in [0.4, 0.5) is 0 Å². The zero-order chi connectivity index (χ0) is 21.3. The molecule has 32 heavy (non-hydrogen) atoms. The van der Waals surface area contributed by atoms with Crippen molar-refractivity contribution in [2.45, 2.75) is 35.7 Å². The molecular weight excluding hydrogens is 458 g/mol. The van der Waals surface area contributed by atoms with E-state index in [1.54, 1.807) is 34.4 Å². The predicted molar refractivity (Wildman–Crippen MR) is 129 cm³/mol. The summed E-state index contributed by atoms with van der Waals surface area (Å²) in [5.41, 5.74) is 0.928. The number of rotatable bonds is 6. The van der Waals surface area contributed by atoms with Crippen LogP contribution >= 0.6 is 34.4 Å². The van der Waals surface area contributed by atoms with Gasteiger partial charge in [-0.05, 0) is 53.6 Å². The Hall–Kier alpha value is -2.59. The molecule has 4 aromatic heterocycles. The average Bonchev–Trinajstić information content (AvgIpc) is 3.62. The highest BCUT2D eigenvalue weighted by atomic mass is 32.2. The smallest absolute Gasteiger partial charge is 0.197 e. The second-order valence-electron chi connectivity index (χ2n) is 7.48. The largest absolute Gasteiger partial charge is 0.376 e. The molecule has 1 aliphatic heterocycles. The summed E-state index contributed by atoms with van der Waals surface area (Å²) in [6, 6.07) is 16.3. The van der Waals surface area contributed by atoms with Crippen molar-refractivity contribution in [3.05, 3.63) is 59.3 Å². The molecule has 0 bridgehead atoms. The predicted octanol–water partition coefficient (Wildman–Crippen LogP) is 6.01. The number of thiophene rings is 2. The number of fused-ring (bicyclic) bond motifs is 1. The molecule has 0 saturated carbocycles. The Labute approximate surface area is 197 Å². The first kappa shape index (κ1) is 20.0. The average molecular weight is 478 g/mol. The van der Waals surface area contributed by atoms with E-state index in [2.05, 4.69) is 38.3 Å². The SMILES string of the molecule is c1csc(-c2nc(Sc3nnc(-c4cccs4)n3C[C@H]3CCCO3)c3ccccc3n2)c1. The van der Waals surface area contributed by atoms with Gasteiger partial charge in [-0.3, -0.25) is 4.57 Å². The molecule has 1 atom stereocenters. The summed E-state index contributed by atoms with van der Waals surface area (Å²) in [7, 11) is 0. The second kappa shape index (κ2) is 8.74. The van der Waals surface area contributed by atoms with E-state index in [1.807, 2.05) is 35.7 Å². The van der Waals surface area contributed by atoms with Crippen LogP contribution in [0.25, 0.3) is 32.3 Å². The van der Waals surface area contributed by atoms with Gasteiger partial charge in [-0.2, -0.15) is 0 Å². The first-order valence-corrected chi connectivity index (χ1v) is 13.0. The molecule has 5 heterocycles. The minimum atomic E-state index is 0.188. The molecule has 9 heteroatoms. The number of para-hydroxylation sites is 1. The molecule has 1 aromatic carbocycles. The van der Waals surface area contributed by atoms with Crippen LogP contribution in [0.15, 0.2) is 69.5 Å². The van der Waals surface area contributed by atoms with Crippen molar-refractivity contribution in [3.8, 4) is 21.4 Å². The summed E-state index contributed by atoms with van der Waals surface area (Å²) in [6.07, 6.45) is 2.35. The van der Waals surface area contributed by atoms with E-state index in [0.29, 0.717) is 0 Å². The van der Waals surface area contributed by atoms with Crippen molar-refractivity contribution in [1.29, 1.82) is 0 Å². The standard InChI is InChI=1S/C23H19N5OS3/c1-2-8-17-16(7-1)22(25-20(24-17)18-9-4-12-30-18)32-23-27-26-21(19-10-5-13-31-19)28(23)14-15-6-3-11-29-15/h1-2,4-5,7-10,12-13,15H,3,6,11,14H2/t15-/m1/s1. The van der Waals surface area contributed by atoms with Crippen LogP contribution in [0.2, 0.25) is 0 Å². The molecule has 1 saturated heterocycles. The van der Waals surface area contributed by atoms with E-state index in [4.69, 9.17) is 14.7 Å². The topological polar surface area (TPSA) is 65.7 Å². The van der Waals surface area contributed by atoms with Crippen LogP contribution in [0, 0.1) is 0 Å². The van der Waals surface area contributed by atoms with Crippen LogP contribution in [0.5, 0.6) is 0 Å². The second-order valence-corrected chi connectivity index (χ2v) is 10.3. The summed E-state index contributed by atoms with van der Waals surface area (Å²) in [6.45, 7) is 1.56. The zero-order valence-electron chi connectivity index (χ0n) is 17.0. The minimum absolute atomic E-state index is 0.188. The van der Waals surface area contributed by atoms with E-state index < -0.39 is 0 Å². The molecular formula is C23H19N5OS3. The van der Waals surface area contributed by atoms with Gasteiger partial charge in [0.1, 0.15) is 5.03 Å². The van der Waals surface area contributed by atoms with Crippen molar-refractivity contribution < 1.29 is 4.74 Å². The van der Waals surface area contributed by atoms with Crippen molar-refractivity contribution in [3.63, 3.8) is 0 Å². The highest BCUT2D eigenvalue weighted by molar-refractivity contribution is 7.99. The van der Waals surface area contributed by atoms with Crippen molar-refractivity contribution in [2.75, 3.05) is 6.61 Å². The summed E-state index contributed by atoms with van der Waals surface area (Å²) < 4.78 is 8.12. The highest BCUT2D eigenvalue weighted by Crippen LogP contribution is 2.36. The van der Waals surface area contributed by atoms with Crippen molar-refractivity contribution in [1.82, 2.24) is 24.7 Å². The molecule has 0 aliphatic carbocycles. The Morgan fingerprint density at radius 1 is 0.969 bits per heavy atom. The molecule has 1 aliphatic rings. The number of ether oxygens (including phenoxy) is 1. The van der Waals surface area contributed by atoms with Crippen LogP contribution in [-0.4, -0.2) is 37.4 Å². The van der Waals surface area contributed by atoms with Crippen LogP contribution in [0.1, 0.15) is 12.8 Å². The van der Waals surface area contributed by atoms with Gasteiger partial charge in [0.15, 0.2) is 16.8 Å². The van der Waals surface area contributed by atoms with Gasteiger partial charge in [0.2, 0.25) is 0 Å². The van der Waals surface area contributed by atoms with Gasteiger partial charge < -0.3 is 4.74 Å². The molecule has 0 unspecified atom stereocenters. The maximum Gasteiger partial charge on any atom is 0.197 e. The van der Waals surface area contributed by atoms with Gasteiger partial charge in [0.05, 0.1) is 27.9 Å². The number of aromatic nitrogens is 5. The Balaban J connectivity index is 1.44. The van der Waals surface area contributed by atoms with Crippen molar-refractivity contribution in [2.24, 2.45) is 0 Å². The normalized spacial score (nSPS) is 16.2. The first-order chi connectivity index (χ1) is 15.8. The van der Waals surface area contributed by atoms with Gasteiger partial charge >= 0.3 is 0 Å². The van der Waals surface area contributed by atoms with Crippen LogP contribution < -0.4 is 0 Å². The number of benzene rings is 1. The molecule has 6 rings (SSSR count). The summed E-state index contributed by atoms with van der Waals surface area (Å²) in [5, 5.41) is 16.0. The first-order valence-electron chi connectivity index (χ1n) is 10.4. The van der Waals surface area contributed by atoms with E-state index in [0.717, 1.165) is 68.5 Å². The molecule has 0 spiro atoms. The van der Waals surface area contributed by atoms with Crippen LogP contribution in [0.3, 0.4) is 0 Å². The van der Waals surface area contributed by atoms with E-state index >= 15 is 0 Å². The fourth-order valence-electron chi connectivity index (χ4n) is 3.84. The van der Waals surface area contributed by atoms with Crippen molar-refractivity contribution >= 4 is 45.3 Å². The molecule has 160 valence electrons. The Morgan fingerprint density at radius 2 is 1.81 bits per heavy atom. The lowest BCUT2D eigenvalue weighted by Gasteiger charge is -2.14. The Kier molecular flexibility index (Phi) is 5.48. The van der Waals surface area contributed by atoms with Gasteiger partial charge in [0.25, 0.3) is 0 Å². The van der Waals surface area contributed by atoms with Gasteiger partial charge in [-0.1, -0.05) is 30.3 Å². The van der Waals surface area contributed by atoms with E-state index in [1.165, 1.54) is 0 Å². The minimum Gasteiger partial charge on any atom is -0.376 e. The number of hydrogen-bond acceptors (Lipinski definition) is 8. The van der Waals surface area contributed by atoms with Gasteiger partial charge in [-0.25, -0.2) is 9.97 Å². The summed E-state index contributed by atoms with van der Waals surface area (Å²) >= 11 is 4.87. The molecule has 0 amide bonds. The number of nitrogens with zero attached hydrogens (tertiary/aromatic N) is 5. The monoisotopic (exact) mass is 477 g/mol. The molecule has 5 aromatic rings. The maximum atomic E-state index is 5.94. The molecule has 1 fully saturated rings. The quantitative estimate of drug-likeness (QED) is 0.279. The third kappa shape index (κ3) is 3.86. The fourth-order valence-corrected chi connectivity index (χ4v) is 6.15. The summed E-state index contributed by atoms with van der Waals surface area (Å²) in [5.74, 6) is 1.62.